The minimum atomic E-state index is -1.91. The first-order chi connectivity index (χ1) is 11.6. The summed E-state index contributed by atoms with van der Waals surface area (Å²) in [4.78, 5) is 0. The zero-order valence-electron chi connectivity index (χ0n) is 17.5. The molecule has 0 N–H and O–H groups in total. The molecule has 0 aromatic rings. The first-order valence-electron chi connectivity index (χ1n) is 10.8. The Labute approximate surface area is 154 Å². The Morgan fingerprint density at radius 3 is 1.75 bits per heavy atom. The maximum atomic E-state index is 6.18. The Kier molecular flexibility index (Phi) is 16.7. The standard InChI is InChI=1S/C21H46O2Si/c1-6-9-11-12-13-14-15-16-17-19-22-24(4,5)23-20-21(8-3)18-10-7-2/h21H,6-20H2,1-5H3. The molecule has 0 saturated heterocycles. The van der Waals surface area contributed by atoms with E-state index in [0.717, 1.165) is 13.2 Å². The highest BCUT2D eigenvalue weighted by Gasteiger charge is 2.25. The number of rotatable bonds is 18. The Bertz CT molecular complexity index is 256. The van der Waals surface area contributed by atoms with Crippen LogP contribution in [0.15, 0.2) is 0 Å². The summed E-state index contributed by atoms with van der Waals surface area (Å²) < 4.78 is 12.3. The maximum Gasteiger partial charge on any atom is 0.331 e. The Balaban J connectivity index is 3.55. The second kappa shape index (κ2) is 16.6. The molecule has 0 saturated carbocycles. The van der Waals surface area contributed by atoms with E-state index in [1.54, 1.807) is 0 Å². The molecule has 0 aliphatic rings. The lowest BCUT2D eigenvalue weighted by Crippen LogP contribution is -2.37. The van der Waals surface area contributed by atoms with Gasteiger partial charge in [0.15, 0.2) is 0 Å². The topological polar surface area (TPSA) is 18.5 Å². The molecule has 0 amide bonds. The normalized spacial score (nSPS) is 13.4. The van der Waals surface area contributed by atoms with E-state index in [0.29, 0.717) is 5.92 Å². The molecule has 24 heavy (non-hydrogen) atoms. The fourth-order valence-electron chi connectivity index (χ4n) is 2.99. The van der Waals surface area contributed by atoms with Gasteiger partial charge < -0.3 is 8.85 Å². The summed E-state index contributed by atoms with van der Waals surface area (Å²) in [6.45, 7) is 13.0. The zero-order chi connectivity index (χ0) is 18.1. The highest BCUT2D eigenvalue weighted by molar-refractivity contribution is 6.64. The van der Waals surface area contributed by atoms with Crippen molar-refractivity contribution in [2.24, 2.45) is 5.92 Å². The van der Waals surface area contributed by atoms with Crippen LogP contribution in [0.2, 0.25) is 13.1 Å². The summed E-state index contributed by atoms with van der Waals surface area (Å²) in [7, 11) is -1.91. The van der Waals surface area contributed by atoms with Crippen molar-refractivity contribution in [3.8, 4) is 0 Å². The molecule has 0 aliphatic heterocycles. The van der Waals surface area contributed by atoms with Gasteiger partial charge in [0.2, 0.25) is 0 Å². The van der Waals surface area contributed by atoms with Crippen LogP contribution in [-0.4, -0.2) is 21.8 Å². The first kappa shape index (κ1) is 24.1. The van der Waals surface area contributed by atoms with E-state index in [9.17, 15) is 0 Å². The molecule has 0 aromatic heterocycles. The summed E-state index contributed by atoms with van der Waals surface area (Å²) in [6.07, 6.45) is 17.4. The molecule has 0 aliphatic carbocycles. The lowest BCUT2D eigenvalue weighted by Gasteiger charge is -2.26. The van der Waals surface area contributed by atoms with Crippen LogP contribution < -0.4 is 0 Å². The van der Waals surface area contributed by atoms with E-state index in [1.807, 2.05) is 0 Å². The van der Waals surface area contributed by atoms with Crippen molar-refractivity contribution in [1.82, 2.24) is 0 Å². The molecule has 2 nitrogen and oxygen atoms in total. The fraction of sp³-hybridized carbons (Fsp3) is 1.00. The Hall–Kier alpha value is 0.137. The zero-order valence-corrected chi connectivity index (χ0v) is 18.5. The van der Waals surface area contributed by atoms with Gasteiger partial charge in [0.1, 0.15) is 0 Å². The van der Waals surface area contributed by atoms with Crippen LogP contribution in [0.25, 0.3) is 0 Å². The van der Waals surface area contributed by atoms with Crippen LogP contribution in [-0.2, 0) is 8.85 Å². The van der Waals surface area contributed by atoms with Gasteiger partial charge in [-0.3, -0.25) is 0 Å². The lowest BCUT2D eigenvalue weighted by atomic mass is 10.0. The lowest BCUT2D eigenvalue weighted by molar-refractivity contribution is 0.146. The van der Waals surface area contributed by atoms with Gasteiger partial charge in [0, 0.05) is 13.2 Å². The summed E-state index contributed by atoms with van der Waals surface area (Å²) in [5, 5.41) is 0. The van der Waals surface area contributed by atoms with Crippen molar-refractivity contribution >= 4 is 8.56 Å². The average molecular weight is 359 g/mol. The minimum Gasteiger partial charge on any atom is -0.395 e. The molecule has 0 rings (SSSR count). The van der Waals surface area contributed by atoms with Gasteiger partial charge in [0.25, 0.3) is 0 Å². The van der Waals surface area contributed by atoms with Crippen molar-refractivity contribution in [2.75, 3.05) is 13.2 Å². The molecule has 0 aromatic carbocycles. The predicted octanol–water partition coefficient (Wildman–Crippen LogP) is 7.47. The van der Waals surface area contributed by atoms with Crippen molar-refractivity contribution in [3.05, 3.63) is 0 Å². The van der Waals surface area contributed by atoms with Crippen molar-refractivity contribution in [1.29, 1.82) is 0 Å². The summed E-state index contributed by atoms with van der Waals surface area (Å²) >= 11 is 0. The van der Waals surface area contributed by atoms with E-state index in [2.05, 4.69) is 33.9 Å². The summed E-state index contributed by atoms with van der Waals surface area (Å²) in [5.74, 6) is 0.716. The number of unbranched alkanes of at least 4 members (excludes halogenated alkanes) is 9. The third-order valence-corrected chi connectivity index (χ3v) is 6.67. The predicted molar refractivity (Wildman–Crippen MR) is 110 cm³/mol. The highest BCUT2D eigenvalue weighted by atomic mass is 28.4. The molecule has 0 fully saturated rings. The monoisotopic (exact) mass is 358 g/mol. The molecule has 0 spiro atoms. The molecular weight excluding hydrogens is 312 g/mol. The quantitative estimate of drug-likeness (QED) is 0.187. The van der Waals surface area contributed by atoms with Crippen molar-refractivity contribution < 1.29 is 8.85 Å². The smallest absolute Gasteiger partial charge is 0.331 e. The highest BCUT2D eigenvalue weighted by Crippen LogP contribution is 2.17. The molecular formula is C21H46O2Si. The van der Waals surface area contributed by atoms with Crippen molar-refractivity contribution in [2.45, 2.75) is 117 Å². The Morgan fingerprint density at radius 1 is 0.667 bits per heavy atom. The largest absolute Gasteiger partial charge is 0.395 e. The van der Waals surface area contributed by atoms with Crippen LogP contribution >= 0.6 is 0 Å². The fourth-order valence-corrected chi connectivity index (χ4v) is 4.35. The van der Waals surface area contributed by atoms with E-state index in [1.165, 1.54) is 83.5 Å². The van der Waals surface area contributed by atoms with Crippen LogP contribution in [0, 0.1) is 5.92 Å². The van der Waals surface area contributed by atoms with Gasteiger partial charge in [-0.05, 0) is 31.9 Å². The third kappa shape index (κ3) is 15.7. The SMILES string of the molecule is CCCCCCCCCCCO[Si](C)(C)OCC(CC)CCCC. The summed E-state index contributed by atoms with van der Waals surface area (Å²) in [6, 6.07) is 0. The second-order valence-corrected chi connectivity index (χ2v) is 11.2. The number of hydrogen-bond donors (Lipinski definition) is 0. The van der Waals surface area contributed by atoms with Crippen LogP contribution in [0.4, 0.5) is 0 Å². The molecule has 3 heteroatoms. The second-order valence-electron chi connectivity index (χ2n) is 7.80. The van der Waals surface area contributed by atoms with E-state index >= 15 is 0 Å². The third-order valence-electron chi connectivity index (χ3n) is 4.91. The van der Waals surface area contributed by atoms with Crippen LogP contribution in [0.3, 0.4) is 0 Å². The van der Waals surface area contributed by atoms with Crippen LogP contribution in [0.5, 0.6) is 0 Å². The molecule has 0 radical (unpaired) electrons. The molecule has 0 bridgehead atoms. The van der Waals surface area contributed by atoms with Gasteiger partial charge >= 0.3 is 8.56 Å². The first-order valence-corrected chi connectivity index (χ1v) is 13.6. The van der Waals surface area contributed by atoms with Gasteiger partial charge in [-0.2, -0.15) is 0 Å². The molecule has 146 valence electrons. The number of hydrogen-bond acceptors (Lipinski definition) is 2. The average Bonchev–Trinajstić information content (AvgIpc) is 2.56. The van der Waals surface area contributed by atoms with Crippen molar-refractivity contribution in [3.63, 3.8) is 0 Å². The molecule has 0 heterocycles. The van der Waals surface area contributed by atoms with E-state index < -0.39 is 8.56 Å². The van der Waals surface area contributed by atoms with Gasteiger partial charge in [-0.15, -0.1) is 0 Å². The summed E-state index contributed by atoms with van der Waals surface area (Å²) in [5.41, 5.74) is 0. The van der Waals surface area contributed by atoms with Gasteiger partial charge in [0.05, 0.1) is 0 Å². The van der Waals surface area contributed by atoms with Gasteiger partial charge in [-0.1, -0.05) is 91.4 Å². The Morgan fingerprint density at radius 2 is 1.21 bits per heavy atom. The van der Waals surface area contributed by atoms with E-state index in [4.69, 9.17) is 8.85 Å². The van der Waals surface area contributed by atoms with Crippen LogP contribution in [0.1, 0.15) is 104 Å². The minimum absolute atomic E-state index is 0.716. The maximum absolute atomic E-state index is 6.18. The molecule has 1 unspecified atom stereocenters. The van der Waals surface area contributed by atoms with Gasteiger partial charge in [-0.25, -0.2) is 0 Å². The molecule has 1 atom stereocenters. The van der Waals surface area contributed by atoms with E-state index in [-0.39, 0.29) is 0 Å².